The van der Waals surface area contributed by atoms with Gasteiger partial charge in [-0.2, -0.15) is 0 Å². The Morgan fingerprint density at radius 1 is 1.20 bits per heavy atom. The van der Waals surface area contributed by atoms with E-state index in [0.717, 1.165) is 21.0 Å². The van der Waals surface area contributed by atoms with E-state index in [0.29, 0.717) is 16.4 Å². The molecule has 0 bridgehead atoms. The van der Waals surface area contributed by atoms with E-state index in [2.05, 4.69) is 10.3 Å². The standard InChI is InChI=1S/C19H16ClFN2OS/c1-11-3-8-16(15(20)9-11)23-18(24)10-17-19(22-12(2)25-17)13-4-6-14(21)7-5-13/h3-9H,10H2,1-2H3,(H,23,24). The highest BCUT2D eigenvalue weighted by atomic mass is 35.5. The first kappa shape index (κ1) is 17.6. The number of carbonyl (C=O) groups is 1. The third-order valence-corrected chi connectivity index (χ3v) is 4.93. The van der Waals surface area contributed by atoms with Gasteiger partial charge in [-0.1, -0.05) is 17.7 Å². The summed E-state index contributed by atoms with van der Waals surface area (Å²) in [7, 11) is 0. The smallest absolute Gasteiger partial charge is 0.229 e. The van der Waals surface area contributed by atoms with E-state index in [4.69, 9.17) is 11.6 Å². The molecule has 25 heavy (non-hydrogen) atoms. The van der Waals surface area contributed by atoms with E-state index in [1.165, 1.54) is 23.5 Å². The molecular weight excluding hydrogens is 359 g/mol. The molecule has 6 heteroatoms. The van der Waals surface area contributed by atoms with Crippen LogP contribution >= 0.6 is 22.9 Å². The number of aromatic nitrogens is 1. The Kier molecular flexibility index (Phi) is 5.16. The summed E-state index contributed by atoms with van der Waals surface area (Å²) in [6.07, 6.45) is 0.183. The number of hydrogen-bond donors (Lipinski definition) is 1. The molecule has 0 fully saturated rings. The van der Waals surface area contributed by atoms with Crippen molar-refractivity contribution in [2.24, 2.45) is 0 Å². The summed E-state index contributed by atoms with van der Waals surface area (Å²) in [5, 5.41) is 4.19. The Bertz CT molecular complexity index is 922. The van der Waals surface area contributed by atoms with Crippen molar-refractivity contribution in [1.29, 1.82) is 0 Å². The summed E-state index contributed by atoms with van der Waals surface area (Å²) in [5.41, 5.74) is 3.12. The highest BCUT2D eigenvalue weighted by molar-refractivity contribution is 7.12. The van der Waals surface area contributed by atoms with Crippen molar-refractivity contribution in [1.82, 2.24) is 4.98 Å². The van der Waals surface area contributed by atoms with Gasteiger partial charge in [-0.05, 0) is 55.8 Å². The molecule has 0 saturated carbocycles. The number of carbonyl (C=O) groups excluding carboxylic acids is 1. The first-order valence-corrected chi connectivity index (χ1v) is 8.90. The van der Waals surface area contributed by atoms with Gasteiger partial charge in [-0.3, -0.25) is 4.79 Å². The van der Waals surface area contributed by atoms with Crippen LogP contribution in [-0.4, -0.2) is 10.9 Å². The summed E-state index contributed by atoms with van der Waals surface area (Å²) in [5.74, 6) is -0.471. The number of nitrogens with one attached hydrogen (secondary N) is 1. The fourth-order valence-corrected chi connectivity index (χ4v) is 3.72. The lowest BCUT2D eigenvalue weighted by Crippen LogP contribution is -2.14. The van der Waals surface area contributed by atoms with E-state index in [9.17, 15) is 9.18 Å². The van der Waals surface area contributed by atoms with Crippen molar-refractivity contribution in [3.63, 3.8) is 0 Å². The molecule has 2 aromatic carbocycles. The molecule has 1 N–H and O–H groups in total. The Balaban J connectivity index is 1.81. The summed E-state index contributed by atoms with van der Waals surface area (Å²) in [6.45, 7) is 3.82. The van der Waals surface area contributed by atoms with Gasteiger partial charge in [-0.25, -0.2) is 9.37 Å². The molecule has 3 nitrogen and oxygen atoms in total. The van der Waals surface area contributed by atoms with Crippen LogP contribution in [0.4, 0.5) is 10.1 Å². The van der Waals surface area contributed by atoms with Crippen molar-refractivity contribution in [3.8, 4) is 11.3 Å². The minimum absolute atomic E-state index is 0.169. The summed E-state index contributed by atoms with van der Waals surface area (Å²) in [6, 6.07) is 11.6. The number of hydrogen-bond acceptors (Lipinski definition) is 3. The zero-order valence-electron chi connectivity index (χ0n) is 13.8. The van der Waals surface area contributed by atoms with Crippen molar-refractivity contribution in [3.05, 3.63) is 68.8 Å². The molecule has 1 heterocycles. The maximum absolute atomic E-state index is 13.1. The number of halogens is 2. The van der Waals surface area contributed by atoms with E-state index < -0.39 is 0 Å². The molecule has 3 aromatic rings. The van der Waals surface area contributed by atoms with Crippen LogP contribution in [0.25, 0.3) is 11.3 Å². The summed E-state index contributed by atoms with van der Waals surface area (Å²) >= 11 is 7.62. The van der Waals surface area contributed by atoms with Crippen LogP contribution in [0, 0.1) is 19.7 Å². The van der Waals surface area contributed by atoms with Crippen molar-refractivity contribution in [2.75, 3.05) is 5.32 Å². The molecule has 1 amide bonds. The Morgan fingerprint density at radius 3 is 2.60 bits per heavy atom. The molecule has 3 rings (SSSR count). The van der Waals surface area contributed by atoms with Crippen molar-refractivity contribution >= 4 is 34.5 Å². The van der Waals surface area contributed by atoms with Gasteiger partial charge in [0.2, 0.25) is 5.91 Å². The van der Waals surface area contributed by atoms with Crippen LogP contribution in [0.3, 0.4) is 0 Å². The van der Waals surface area contributed by atoms with Gasteiger partial charge in [0.1, 0.15) is 5.82 Å². The molecule has 1 aromatic heterocycles. The van der Waals surface area contributed by atoms with E-state index in [-0.39, 0.29) is 18.1 Å². The van der Waals surface area contributed by atoms with Gasteiger partial charge < -0.3 is 5.32 Å². The molecular formula is C19H16ClFN2OS. The van der Waals surface area contributed by atoms with E-state index in [1.54, 1.807) is 24.3 Å². The maximum atomic E-state index is 13.1. The molecule has 0 aliphatic rings. The number of benzene rings is 2. The molecule has 0 atom stereocenters. The number of rotatable bonds is 4. The first-order valence-electron chi connectivity index (χ1n) is 7.70. The molecule has 0 spiro atoms. The number of thiazole rings is 1. The Morgan fingerprint density at radius 2 is 1.92 bits per heavy atom. The van der Waals surface area contributed by atoms with E-state index >= 15 is 0 Å². The van der Waals surface area contributed by atoms with Crippen molar-refractivity contribution < 1.29 is 9.18 Å². The topological polar surface area (TPSA) is 42.0 Å². The third-order valence-electron chi connectivity index (χ3n) is 3.64. The van der Waals surface area contributed by atoms with E-state index in [1.807, 2.05) is 19.9 Å². The highest BCUT2D eigenvalue weighted by Crippen LogP contribution is 2.29. The van der Waals surface area contributed by atoms with Gasteiger partial charge in [0, 0.05) is 10.4 Å². The van der Waals surface area contributed by atoms with Crippen LogP contribution < -0.4 is 5.32 Å². The lowest BCUT2D eigenvalue weighted by atomic mass is 10.1. The number of aryl methyl sites for hydroxylation is 2. The second-order valence-electron chi connectivity index (χ2n) is 5.72. The fraction of sp³-hybridized carbons (Fsp3) is 0.158. The Hall–Kier alpha value is -2.24. The molecule has 128 valence electrons. The van der Waals surface area contributed by atoms with Gasteiger partial charge in [-0.15, -0.1) is 11.3 Å². The predicted octanol–water partition coefficient (Wildman–Crippen LogP) is 5.40. The van der Waals surface area contributed by atoms with Crippen LogP contribution in [0.1, 0.15) is 15.4 Å². The lowest BCUT2D eigenvalue weighted by Gasteiger charge is -2.08. The molecule has 0 radical (unpaired) electrons. The van der Waals surface area contributed by atoms with Gasteiger partial charge >= 0.3 is 0 Å². The van der Waals surface area contributed by atoms with Gasteiger partial charge in [0.25, 0.3) is 0 Å². The molecule has 0 aliphatic carbocycles. The SMILES string of the molecule is Cc1ccc(NC(=O)Cc2sc(C)nc2-c2ccc(F)cc2)c(Cl)c1. The largest absolute Gasteiger partial charge is 0.324 e. The Labute approximate surface area is 154 Å². The normalized spacial score (nSPS) is 10.7. The zero-order chi connectivity index (χ0) is 18.0. The quantitative estimate of drug-likeness (QED) is 0.664. The van der Waals surface area contributed by atoms with Gasteiger partial charge in [0.15, 0.2) is 0 Å². The first-order chi connectivity index (χ1) is 11.9. The number of nitrogens with zero attached hydrogens (tertiary/aromatic N) is 1. The second kappa shape index (κ2) is 7.33. The number of amides is 1. The highest BCUT2D eigenvalue weighted by Gasteiger charge is 2.15. The molecule has 0 unspecified atom stereocenters. The van der Waals surface area contributed by atoms with Crippen LogP contribution in [0.15, 0.2) is 42.5 Å². The average Bonchev–Trinajstić information content (AvgIpc) is 2.91. The zero-order valence-corrected chi connectivity index (χ0v) is 15.3. The number of anilines is 1. The summed E-state index contributed by atoms with van der Waals surface area (Å²) in [4.78, 5) is 17.7. The molecule has 0 aliphatic heterocycles. The van der Waals surface area contributed by atoms with Crippen LogP contribution in [0.5, 0.6) is 0 Å². The lowest BCUT2D eigenvalue weighted by molar-refractivity contribution is -0.115. The predicted molar refractivity (Wildman–Crippen MR) is 101 cm³/mol. The molecule has 0 saturated heterocycles. The van der Waals surface area contributed by atoms with Crippen LogP contribution in [-0.2, 0) is 11.2 Å². The average molecular weight is 375 g/mol. The minimum Gasteiger partial charge on any atom is -0.324 e. The second-order valence-corrected chi connectivity index (χ2v) is 7.41. The third kappa shape index (κ3) is 4.24. The summed E-state index contributed by atoms with van der Waals surface area (Å²) < 4.78 is 13.1. The minimum atomic E-state index is -0.302. The monoisotopic (exact) mass is 374 g/mol. The van der Waals surface area contributed by atoms with Gasteiger partial charge in [0.05, 0.1) is 27.8 Å². The van der Waals surface area contributed by atoms with Crippen LogP contribution in [0.2, 0.25) is 5.02 Å². The van der Waals surface area contributed by atoms with Crippen molar-refractivity contribution in [2.45, 2.75) is 20.3 Å². The fourth-order valence-electron chi connectivity index (χ4n) is 2.48. The maximum Gasteiger partial charge on any atom is 0.229 e.